The zero-order valence-corrected chi connectivity index (χ0v) is 22.6. The molecule has 2 amide bonds. The Bertz CT molecular complexity index is 1420. The average molecular weight is 542 g/mol. The molecule has 2 aromatic heterocycles. The van der Waals surface area contributed by atoms with Crippen molar-refractivity contribution in [3.8, 4) is 0 Å². The highest BCUT2D eigenvalue weighted by Gasteiger charge is 2.36. The first-order valence-corrected chi connectivity index (χ1v) is 14.3. The zero-order chi connectivity index (χ0) is 27.3. The number of benzene rings is 2. The van der Waals surface area contributed by atoms with Crippen molar-refractivity contribution in [1.82, 2.24) is 20.3 Å². The van der Waals surface area contributed by atoms with Gasteiger partial charge in [0, 0.05) is 18.8 Å². The molecule has 2 atom stereocenters. The van der Waals surface area contributed by atoms with E-state index in [0.717, 1.165) is 18.4 Å². The van der Waals surface area contributed by atoms with Gasteiger partial charge in [-0.3, -0.25) is 14.5 Å². The Kier molecular flexibility index (Phi) is 7.90. The second-order valence-corrected chi connectivity index (χ2v) is 10.7. The summed E-state index contributed by atoms with van der Waals surface area (Å²) < 4.78 is 13.0. The number of para-hydroxylation sites is 1. The molecule has 0 bridgehead atoms. The molecule has 2 fully saturated rings. The zero-order valence-electron chi connectivity index (χ0n) is 22.6. The van der Waals surface area contributed by atoms with Gasteiger partial charge in [-0.25, -0.2) is 4.68 Å². The van der Waals surface area contributed by atoms with Crippen LogP contribution in [-0.2, 0) is 20.9 Å². The average Bonchev–Trinajstić information content (AvgIpc) is 3.79. The van der Waals surface area contributed by atoms with Crippen LogP contribution in [0.5, 0.6) is 0 Å². The Balaban J connectivity index is 1.33. The van der Waals surface area contributed by atoms with E-state index in [-0.39, 0.29) is 24.5 Å². The molecule has 1 N–H and O–H groups in total. The maximum absolute atomic E-state index is 14.1. The van der Waals surface area contributed by atoms with Gasteiger partial charge in [-0.2, -0.15) is 0 Å². The summed E-state index contributed by atoms with van der Waals surface area (Å²) in [7, 11) is 0. The van der Waals surface area contributed by atoms with E-state index >= 15 is 0 Å². The van der Waals surface area contributed by atoms with Crippen LogP contribution in [-0.4, -0.2) is 46.1 Å². The second-order valence-electron chi connectivity index (χ2n) is 10.7. The first-order valence-electron chi connectivity index (χ1n) is 14.3. The molecule has 2 aromatic carbocycles. The van der Waals surface area contributed by atoms with E-state index in [4.69, 9.17) is 9.15 Å². The van der Waals surface area contributed by atoms with E-state index in [0.29, 0.717) is 36.0 Å². The molecule has 3 heterocycles. The monoisotopic (exact) mass is 541 g/mol. The number of rotatable bonds is 9. The molecule has 40 heavy (non-hydrogen) atoms. The summed E-state index contributed by atoms with van der Waals surface area (Å²) >= 11 is 0. The molecular weight excluding hydrogens is 506 g/mol. The number of carbonyl (C=O) groups is 2. The predicted octanol–water partition coefficient (Wildman–Crippen LogP) is 5.14. The number of carbonyl (C=O) groups excluding carboxylic acids is 2. The molecule has 1 aliphatic carbocycles. The van der Waals surface area contributed by atoms with Gasteiger partial charge < -0.3 is 14.5 Å². The van der Waals surface area contributed by atoms with E-state index < -0.39 is 6.04 Å². The Morgan fingerprint density at radius 3 is 2.55 bits per heavy atom. The molecule has 2 aliphatic rings. The summed E-state index contributed by atoms with van der Waals surface area (Å²) in [4.78, 5) is 29.5. The van der Waals surface area contributed by atoms with Crippen molar-refractivity contribution in [2.45, 2.75) is 69.6 Å². The predicted molar refractivity (Wildman–Crippen MR) is 151 cm³/mol. The van der Waals surface area contributed by atoms with Crippen LogP contribution in [0.4, 0.5) is 5.69 Å². The van der Waals surface area contributed by atoms with Gasteiger partial charge in [0.05, 0.1) is 17.9 Å². The highest BCUT2D eigenvalue weighted by Crippen LogP contribution is 2.35. The number of furan rings is 1. The number of ether oxygens (including phenoxy) is 1. The summed E-state index contributed by atoms with van der Waals surface area (Å²) in [5.74, 6) is 0.301. The van der Waals surface area contributed by atoms with E-state index in [1.165, 1.54) is 48.8 Å². The number of nitrogens with one attached hydrogen (secondary N) is 1. The lowest BCUT2D eigenvalue weighted by atomic mass is 9.84. The largest absolute Gasteiger partial charge is 0.467 e. The first-order chi connectivity index (χ1) is 19.7. The third kappa shape index (κ3) is 5.65. The van der Waals surface area contributed by atoms with Crippen LogP contribution in [0.15, 0.2) is 71.3 Å². The minimum absolute atomic E-state index is 0.0263. The fourth-order valence-corrected chi connectivity index (χ4v) is 5.96. The Hall–Kier alpha value is -3.98. The lowest BCUT2D eigenvalue weighted by Gasteiger charge is -2.31. The maximum atomic E-state index is 14.1. The number of anilines is 1. The van der Waals surface area contributed by atoms with E-state index in [9.17, 15) is 9.59 Å². The third-order valence-electron chi connectivity index (χ3n) is 8.07. The lowest BCUT2D eigenvalue weighted by Crippen LogP contribution is -2.46. The fourth-order valence-electron chi connectivity index (χ4n) is 5.96. The van der Waals surface area contributed by atoms with Gasteiger partial charge >= 0.3 is 0 Å². The van der Waals surface area contributed by atoms with E-state index in [1.54, 1.807) is 16.8 Å². The lowest BCUT2D eigenvalue weighted by molar-refractivity contribution is -0.127. The van der Waals surface area contributed by atoms with Gasteiger partial charge in [-0.1, -0.05) is 48.7 Å². The fraction of sp³-hybridized carbons (Fsp3) is 0.419. The van der Waals surface area contributed by atoms with Crippen LogP contribution in [0.25, 0.3) is 11.0 Å². The molecule has 4 aromatic rings. The quantitative estimate of drug-likeness (QED) is 0.315. The Morgan fingerprint density at radius 2 is 1.80 bits per heavy atom. The van der Waals surface area contributed by atoms with Gasteiger partial charge in [0.2, 0.25) is 5.91 Å². The number of aromatic nitrogens is 3. The molecule has 1 saturated carbocycles. The van der Waals surface area contributed by atoms with Crippen LogP contribution in [0.2, 0.25) is 0 Å². The molecule has 1 saturated heterocycles. The number of amides is 2. The van der Waals surface area contributed by atoms with Gasteiger partial charge in [0.1, 0.15) is 17.8 Å². The summed E-state index contributed by atoms with van der Waals surface area (Å²) in [6.45, 7) is 0.999. The van der Waals surface area contributed by atoms with Crippen molar-refractivity contribution in [2.24, 2.45) is 0 Å². The Labute approximate surface area is 233 Å². The summed E-state index contributed by atoms with van der Waals surface area (Å²) in [5, 5.41) is 11.4. The molecule has 208 valence electrons. The van der Waals surface area contributed by atoms with Crippen molar-refractivity contribution in [3.63, 3.8) is 0 Å². The van der Waals surface area contributed by atoms with Crippen LogP contribution in [0, 0.1) is 0 Å². The highest BCUT2D eigenvalue weighted by atomic mass is 16.5. The first kappa shape index (κ1) is 26.3. The Morgan fingerprint density at radius 1 is 0.975 bits per heavy atom. The summed E-state index contributed by atoms with van der Waals surface area (Å²) in [5.41, 5.74) is 3.36. The molecule has 6 rings (SSSR count). The second kappa shape index (κ2) is 12.0. The van der Waals surface area contributed by atoms with Gasteiger partial charge in [-0.05, 0) is 73.6 Å². The van der Waals surface area contributed by atoms with Gasteiger partial charge in [0.15, 0.2) is 6.04 Å². The molecule has 0 spiro atoms. The number of hydrogen-bond acceptors (Lipinski definition) is 6. The highest BCUT2D eigenvalue weighted by molar-refractivity contribution is 6.01. The number of nitrogens with zero attached hydrogens (tertiary/aromatic N) is 4. The van der Waals surface area contributed by atoms with Gasteiger partial charge in [-0.15, -0.1) is 5.10 Å². The topological polar surface area (TPSA) is 102 Å². The van der Waals surface area contributed by atoms with Gasteiger partial charge in [0.25, 0.3) is 5.91 Å². The maximum Gasteiger partial charge on any atom is 0.251 e. The van der Waals surface area contributed by atoms with E-state index in [2.05, 4.69) is 27.8 Å². The molecule has 9 heteroatoms. The van der Waals surface area contributed by atoms with Crippen LogP contribution in [0.1, 0.15) is 68.2 Å². The van der Waals surface area contributed by atoms with Crippen molar-refractivity contribution in [2.75, 3.05) is 18.1 Å². The smallest absolute Gasteiger partial charge is 0.251 e. The van der Waals surface area contributed by atoms with Crippen molar-refractivity contribution in [3.05, 3.63) is 78.3 Å². The minimum Gasteiger partial charge on any atom is -0.467 e. The molecule has 9 nitrogen and oxygen atoms in total. The van der Waals surface area contributed by atoms with Crippen LogP contribution < -0.4 is 10.2 Å². The SMILES string of the molecule is O=C(NC[C@H]1CCCO1)[C@H](c1ccco1)N(C(=O)Cn1nnc2ccccc21)c1ccc(C2CCCCC2)cc1. The molecule has 0 radical (unpaired) electrons. The molecule has 1 aliphatic heterocycles. The third-order valence-corrected chi connectivity index (χ3v) is 8.07. The summed E-state index contributed by atoms with van der Waals surface area (Å²) in [6, 6.07) is 18.1. The summed E-state index contributed by atoms with van der Waals surface area (Å²) in [6.07, 6.45) is 9.52. The van der Waals surface area contributed by atoms with Crippen LogP contribution in [0.3, 0.4) is 0 Å². The number of fused-ring (bicyclic) bond motifs is 1. The van der Waals surface area contributed by atoms with Crippen LogP contribution >= 0.6 is 0 Å². The van der Waals surface area contributed by atoms with Crippen molar-refractivity contribution >= 4 is 28.5 Å². The molecule has 0 unspecified atom stereocenters. The normalized spacial score (nSPS) is 18.6. The van der Waals surface area contributed by atoms with Crippen molar-refractivity contribution in [1.29, 1.82) is 0 Å². The van der Waals surface area contributed by atoms with Crippen molar-refractivity contribution < 1.29 is 18.7 Å². The standard InChI is InChI=1S/C31H35N5O4/c37-29(21-35-27-12-5-4-11-26(27)33-34-35)36(24-16-14-23(15-17-24)22-8-2-1-3-9-22)30(28-13-7-19-40-28)31(38)32-20-25-10-6-18-39-25/h4-5,7,11-17,19,22,25,30H,1-3,6,8-10,18,20-21H2,(H,32,38)/t25-,30+/m1/s1. The minimum atomic E-state index is -1.00. The molecular formula is C31H35N5O4. The van der Waals surface area contributed by atoms with E-state index in [1.807, 2.05) is 36.4 Å². The number of hydrogen-bond donors (Lipinski definition) is 1.